The van der Waals surface area contributed by atoms with Crippen molar-refractivity contribution in [3.63, 3.8) is 0 Å². The van der Waals surface area contributed by atoms with Crippen molar-refractivity contribution in [3.05, 3.63) is 24.3 Å². The van der Waals surface area contributed by atoms with Gasteiger partial charge in [0.25, 0.3) is 0 Å². The van der Waals surface area contributed by atoms with Crippen molar-refractivity contribution in [2.75, 3.05) is 12.4 Å². The summed E-state index contributed by atoms with van der Waals surface area (Å²) in [7, 11) is 1.65. The van der Waals surface area contributed by atoms with E-state index in [2.05, 4.69) is 24.5 Å². The van der Waals surface area contributed by atoms with Crippen molar-refractivity contribution in [1.29, 1.82) is 0 Å². The highest BCUT2D eigenvalue weighted by molar-refractivity contribution is 5.93. The zero-order valence-electron chi connectivity index (χ0n) is 19.1. The Morgan fingerprint density at radius 1 is 1.00 bits per heavy atom. The van der Waals surface area contributed by atoms with E-state index in [0.29, 0.717) is 30.2 Å². The Bertz CT molecular complexity index is 868. The van der Waals surface area contributed by atoms with Crippen molar-refractivity contribution >= 4 is 17.5 Å². The number of benzene rings is 1. The number of methoxy groups -OCH3 is 1. The first-order valence-electron chi connectivity index (χ1n) is 12.1. The minimum absolute atomic E-state index is 0.0807. The maximum atomic E-state index is 13.3. The second-order valence-electron chi connectivity index (χ2n) is 11.0. The van der Waals surface area contributed by atoms with Crippen LogP contribution in [0.5, 0.6) is 5.75 Å². The van der Waals surface area contributed by atoms with E-state index in [4.69, 9.17) is 4.74 Å². The molecule has 1 heterocycles. The monoisotopic (exact) mass is 424 g/mol. The van der Waals surface area contributed by atoms with E-state index in [-0.39, 0.29) is 28.6 Å². The summed E-state index contributed by atoms with van der Waals surface area (Å²) in [6.45, 7) is 4.82. The molecule has 1 aromatic rings. The van der Waals surface area contributed by atoms with Crippen molar-refractivity contribution in [2.45, 2.75) is 71.3 Å². The number of anilines is 1. The molecule has 168 valence electrons. The molecule has 5 nitrogen and oxygen atoms in total. The van der Waals surface area contributed by atoms with Gasteiger partial charge in [-0.2, -0.15) is 0 Å². The number of amides is 2. The number of carbonyl (C=O) groups is 2. The first kappa shape index (κ1) is 20.8. The van der Waals surface area contributed by atoms with Gasteiger partial charge in [0.2, 0.25) is 11.8 Å². The Hall–Kier alpha value is -2.04. The molecule has 3 saturated carbocycles. The number of nitrogens with one attached hydrogen (secondary N) is 2. The predicted molar refractivity (Wildman–Crippen MR) is 121 cm³/mol. The molecular formula is C26H36N2O3. The number of hydrogen-bond acceptors (Lipinski definition) is 3. The standard InChI is InChI=1S/C26H36N2O3/c1-25-14-12-20-18(8-11-22-26(20,2)15-13-23(29)28-22)19(25)9-10-21(25)24(30)27-16-4-6-17(31-3)7-5-16/h4-7,18-22H,8-15H2,1-3H3,(H,27,30)(H,28,29)/t18-,19-,20-,21+,22+,25-,26+/m0/s1. The molecule has 7 atom stereocenters. The van der Waals surface area contributed by atoms with E-state index >= 15 is 0 Å². The molecule has 31 heavy (non-hydrogen) atoms. The van der Waals surface area contributed by atoms with Crippen molar-refractivity contribution in [1.82, 2.24) is 5.32 Å². The molecule has 5 heteroatoms. The van der Waals surface area contributed by atoms with E-state index in [1.165, 1.54) is 12.8 Å². The molecule has 2 amide bonds. The summed E-state index contributed by atoms with van der Waals surface area (Å²) in [4.78, 5) is 25.3. The van der Waals surface area contributed by atoms with Crippen LogP contribution >= 0.6 is 0 Å². The molecule has 0 radical (unpaired) electrons. The summed E-state index contributed by atoms with van der Waals surface area (Å²) < 4.78 is 5.23. The average Bonchev–Trinajstić information content (AvgIpc) is 3.12. The largest absolute Gasteiger partial charge is 0.497 e. The van der Waals surface area contributed by atoms with Gasteiger partial charge in [0, 0.05) is 24.1 Å². The number of hydrogen-bond donors (Lipinski definition) is 2. The molecular weight excluding hydrogens is 388 g/mol. The highest BCUT2D eigenvalue weighted by Gasteiger charge is 2.61. The van der Waals surface area contributed by atoms with Gasteiger partial charge >= 0.3 is 0 Å². The molecule has 1 saturated heterocycles. The summed E-state index contributed by atoms with van der Waals surface area (Å²) in [5.41, 5.74) is 1.15. The molecule has 0 spiro atoms. The van der Waals surface area contributed by atoms with E-state index in [0.717, 1.165) is 43.5 Å². The van der Waals surface area contributed by atoms with Crippen LogP contribution in [0.3, 0.4) is 0 Å². The van der Waals surface area contributed by atoms with Gasteiger partial charge in [-0.05, 0) is 97.8 Å². The first-order valence-corrected chi connectivity index (χ1v) is 12.1. The maximum Gasteiger partial charge on any atom is 0.228 e. The van der Waals surface area contributed by atoms with Gasteiger partial charge in [-0.25, -0.2) is 0 Å². The summed E-state index contributed by atoms with van der Waals surface area (Å²) >= 11 is 0. The summed E-state index contributed by atoms with van der Waals surface area (Å²) in [6.07, 6.45) is 8.44. The fraction of sp³-hybridized carbons (Fsp3) is 0.692. The Morgan fingerprint density at radius 2 is 1.74 bits per heavy atom. The number of carbonyl (C=O) groups excluding carboxylic acids is 2. The Kier molecular flexibility index (Phi) is 5.06. The quantitative estimate of drug-likeness (QED) is 0.734. The number of ether oxygens (including phenoxy) is 1. The van der Waals surface area contributed by atoms with Gasteiger partial charge in [-0.1, -0.05) is 13.8 Å². The second-order valence-corrected chi connectivity index (χ2v) is 11.0. The lowest BCUT2D eigenvalue weighted by Crippen LogP contribution is -2.61. The van der Waals surface area contributed by atoms with Crippen LogP contribution in [0.1, 0.15) is 65.2 Å². The van der Waals surface area contributed by atoms with E-state index in [1.807, 2.05) is 24.3 Å². The molecule has 0 bridgehead atoms. The van der Waals surface area contributed by atoms with Crippen LogP contribution in [0, 0.1) is 34.5 Å². The molecule has 4 aliphatic rings. The summed E-state index contributed by atoms with van der Waals surface area (Å²) in [5.74, 6) is 3.27. The Labute approximate surface area is 185 Å². The van der Waals surface area contributed by atoms with Crippen LogP contribution in [0.25, 0.3) is 0 Å². The second kappa shape index (κ2) is 7.53. The number of rotatable bonds is 3. The highest BCUT2D eigenvalue weighted by atomic mass is 16.5. The van der Waals surface area contributed by atoms with Crippen LogP contribution in [0.2, 0.25) is 0 Å². The smallest absolute Gasteiger partial charge is 0.228 e. The third-order valence-electron chi connectivity index (χ3n) is 9.77. The third-order valence-corrected chi connectivity index (χ3v) is 9.77. The first-order chi connectivity index (χ1) is 14.8. The summed E-state index contributed by atoms with van der Waals surface area (Å²) in [5, 5.41) is 6.49. The van der Waals surface area contributed by atoms with Gasteiger partial charge in [0.1, 0.15) is 5.75 Å². The van der Waals surface area contributed by atoms with E-state index in [9.17, 15) is 9.59 Å². The van der Waals surface area contributed by atoms with Crippen molar-refractivity contribution < 1.29 is 14.3 Å². The number of fused-ring (bicyclic) bond motifs is 5. The number of piperidine rings is 1. The maximum absolute atomic E-state index is 13.3. The molecule has 1 aliphatic heterocycles. The van der Waals surface area contributed by atoms with Crippen LogP contribution < -0.4 is 15.4 Å². The average molecular weight is 425 g/mol. The molecule has 4 fully saturated rings. The minimum atomic E-state index is 0.0807. The van der Waals surface area contributed by atoms with Crippen LogP contribution in [-0.2, 0) is 9.59 Å². The van der Waals surface area contributed by atoms with E-state index in [1.54, 1.807) is 7.11 Å². The molecule has 2 N–H and O–H groups in total. The molecule has 1 aromatic carbocycles. The molecule has 3 aliphatic carbocycles. The van der Waals surface area contributed by atoms with Crippen LogP contribution in [-0.4, -0.2) is 25.0 Å². The topological polar surface area (TPSA) is 67.4 Å². The van der Waals surface area contributed by atoms with Gasteiger partial charge in [0.05, 0.1) is 7.11 Å². The van der Waals surface area contributed by atoms with E-state index < -0.39 is 0 Å². The zero-order valence-corrected chi connectivity index (χ0v) is 19.1. The summed E-state index contributed by atoms with van der Waals surface area (Å²) in [6, 6.07) is 7.96. The lowest BCUT2D eigenvalue weighted by Gasteiger charge is -2.60. The normalized spacial score (nSPS) is 41.4. The fourth-order valence-electron chi connectivity index (χ4n) is 8.04. The SMILES string of the molecule is COc1ccc(NC(=O)[C@H]2CC[C@H]3[C@@H]4CC[C@H]5NC(=O)CC[C@]5(C)[C@H]4CC[C@]23C)cc1. The third kappa shape index (κ3) is 3.27. The Morgan fingerprint density at radius 3 is 2.48 bits per heavy atom. The highest BCUT2D eigenvalue weighted by Crippen LogP contribution is 2.65. The van der Waals surface area contributed by atoms with Gasteiger partial charge < -0.3 is 15.4 Å². The molecule has 0 unspecified atom stereocenters. The minimum Gasteiger partial charge on any atom is -0.497 e. The van der Waals surface area contributed by atoms with Crippen molar-refractivity contribution in [2.24, 2.45) is 34.5 Å². The fourth-order valence-corrected chi connectivity index (χ4v) is 8.04. The predicted octanol–water partition coefficient (Wildman–Crippen LogP) is 4.77. The van der Waals surface area contributed by atoms with Crippen molar-refractivity contribution in [3.8, 4) is 5.75 Å². The van der Waals surface area contributed by atoms with Gasteiger partial charge in [0.15, 0.2) is 0 Å². The van der Waals surface area contributed by atoms with Crippen LogP contribution in [0.4, 0.5) is 5.69 Å². The zero-order chi connectivity index (χ0) is 21.8. The van der Waals surface area contributed by atoms with Crippen LogP contribution in [0.15, 0.2) is 24.3 Å². The van der Waals surface area contributed by atoms with Gasteiger partial charge in [-0.3, -0.25) is 9.59 Å². The molecule has 5 rings (SSSR count). The lowest BCUT2D eigenvalue weighted by atomic mass is 9.47. The lowest BCUT2D eigenvalue weighted by molar-refractivity contribution is -0.140. The van der Waals surface area contributed by atoms with Gasteiger partial charge in [-0.15, -0.1) is 0 Å². The molecule has 0 aromatic heterocycles. The Balaban J connectivity index is 1.32.